The number of rotatable bonds is 7. The molecule has 0 bridgehead atoms. The lowest BCUT2D eigenvalue weighted by molar-refractivity contribution is -0.122. The van der Waals surface area contributed by atoms with Gasteiger partial charge in [0, 0.05) is 12.4 Å². The van der Waals surface area contributed by atoms with Crippen LogP contribution in [0.4, 0.5) is 4.39 Å². The minimum atomic E-state index is -0.509. The molecule has 6 nitrogen and oxygen atoms in total. The first-order valence-corrected chi connectivity index (χ1v) is 8.36. The van der Waals surface area contributed by atoms with Gasteiger partial charge < -0.3 is 10.1 Å². The maximum absolute atomic E-state index is 13.8. The van der Waals surface area contributed by atoms with Gasteiger partial charge in [0.05, 0.1) is 6.04 Å². The molecule has 138 valence electrons. The van der Waals surface area contributed by atoms with E-state index < -0.39 is 17.5 Å². The molecule has 0 radical (unpaired) electrons. The fraction of sp³-hybridized carbons (Fsp3) is 0.150. The number of hydrogen-bond acceptors (Lipinski definition) is 4. The number of halogens is 1. The number of carbonyl (C=O) groups excluding carboxylic acids is 1. The van der Waals surface area contributed by atoms with Crippen LogP contribution in [0.1, 0.15) is 11.6 Å². The van der Waals surface area contributed by atoms with E-state index in [4.69, 9.17) is 4.74 Å². The van der Waals surface area contributed by atoms with Crippen LogP contribution >= 0.6 is 0 Å². The highest BCUT2D eigenvalue weighted by Crippen LogP contribution is 2.19. The van der Waals surface area contributed by atoms with Gasteiger partial charge in [-0.1, -0.05) is 42.5 Å². The van der Waals surface area contributed by atoms with E-state index in [0.29, 0.717) is 0 Å². The van der Waals surface area contributed by atoms with Crippen molar-refractivity contribution in [3.63, 3.8) is 0 Å². The zero-order valence-electron chi connectivity index (χ0n) is 14.4. The zero-order chi connectivity index (χ0) is 19.1. The summed E-state index contributed by atoms with van der Waals surface area (Å²) in [7, 11) is 0. The minimum Gasteiger partial charge on any atom is -0.488 e. The number of para-hydroxylation sites is 1. The van der Waals surface area contributed by atoms with Crippen LogP contribution in [0.5, 0.6) is 5.75 Å². The molecule has 1 amide bonds. The lowest BCUT2D eigenvalue weighted by atomic mass is 10.1. The second-order valence-electron chi connectivity index (χ2n) is 5.80. The van der Waals surface area contributed by atoms with Crippen molar-refractivity contribution >= 4 is 5.91 Å². The summed E-state index contributed by atoms with van der Waals surface area (Å²) in [6.45, 7) is -0.131. The van der Waals surface area contributed by atoms with Crippen molar-refractivity contribution in [2.75, 3.05) is 6.61 Å². The molecule has 1 N–H and O–H groups in total. The Kier molecular flexibility index (Phi) is 5.94. The Labute approximate surface area is 155 Å². The van der Waals surface area contributed by atoms with Crippen molar-refractivity contribution in [2.45, 2.75) is 12.6 Å². The van der Waals surface area contributed by atoms with E-state index >= 15 is 0 Å². The smallest absolute Gasteiger partial charge is 0.347 e. The van der Waals surface area contributed by atoms with Gasteiger partial charge in [-0.25, -0.2) is 14.2 Å². The van der Waals surface area contributed by atoms with Gasteiger partial charge in [-0.3, -0.25) is 9.36 Å². The Hall–Kier alpha value is -3.48. The highest BCUT2D eigenvalue weighted by Gasteiger charge is 2.17. The van der Waals surface area contributed by atoms with Gasteiger partial charge in [-0.15, -0.1) is 0 Å². The van der Waals surface area contributed by atoms with E-state index in [-0.39, 0.29) is 24.8 Å². The summed E-state index contributed by atoms with van der Waals surface area (Å²) in [5.41, 5.74) is 0.298. The fourth-order valence-electron chi connectivity index (χ4n) is 2.54. The first-order chi connectivity index (χ1) is 13.1. The van der Waals surface area contributed by atoms with Crippen LogP contribution in [0.2, 0.25) is 0 Å². The van der Waals surface area contributed by atoms with E-state index in [1.165, 1.54) is 29.1 Å². The normalized spacial score (nSPS) is 11.6. The van der Waals surface area contributed by atoms with Crippen LogP contribution in [-0.4, -0.2) is 22.1 Å². The standard InChI is InChI=1S/C20H18FN3O3/c21-16-9-4-5-10-18(16)27-14-17(15-7-2-1-3-8-15)23-19(25)13-24-12-6-11-22-20(24)26/h1-12,17H,13-14H2,(H,23,25)/t17-/m0/s1. The summed E-state index contributed by atoms with van der Waals surface area (Å²) in [6, 6.07) is 16.3. The Morgan fingerprint density at radius 2 is 1.85 bits per heavy atom. The molecule has 0 unspecified atom stereocenters. The molecule has 3 rings (SSSR count). The first kappa shape index (κ1) is 18.3. The van der Waals surface area contributed by atoms with Gasteiger partial charge >= 0.3 is 5.69 Å². The highest BCUT2D eigenvalue weighted by molar-refractivity contribution is 5.76. The molecular formula is C20H18FN3O3. The number of hydrogen-bond donors (Lipinski definition) is 1. The van der Waals surface area contributed by atoms with E-state index in [1.807, 2.05) is 30.3 Å². The molecule has 1 heterocycles. The molecule has 0 saturated carbocycles. The molecule has 7 heteroatoms. The fourth-order valence-corrected chi connectivity index (χ4v) is 2.54. The summed E-state index contributed by atoms with van der Waals surface area (Å²) in [4.78, 5) is 27.7. The van der Waals surface area contributed by atoms with Crippen LogP contribution in [0.15, 0.2) is 77.9 Å². The number of benzene rings is 2. The molecule has 0 aliphatic heterocycles. The van der Waals surface area contributed by atoms with Gasteiger partial charge in [-0.05, 0) is 23.8 Å². The van der Waals surface area contributed by atoms with Crippen molar-refractivity contribution in [3.05, 3.63) is 94.9 Å². The van der Waals surface area contributed by atoms with Crippen molar-refractivity contribution in [2.24, 2.45) is 0 Å². The Morgan fingerprint density at radius 3 is 2.59 bits per heavy atom. The third kappa shape index (κ3) is 5.01. The molecule has 0 spiro atoms. The molecule has 0 saturated heterocycles. The van der Waals surface area contributed by atoms with Crippen LogP contribution in [0, 0.1) is 5.82 Å². The molecular weight excluding hydrogens is 349 g/mol. The molecule has 27 heavy (non-hydrogen) atoms. The van der Waals surface area contributed by atoms with Crippen LogP contribution < -0.4 is 15.7 Å². The molecule has 1 atom stereocenters. The van der Waals surface area contributed by atoms with Crippen LogP contribution in [0.3, 0.4) is 0 Å². The molecule has 2 aromatic carbocycles. The average molecular weight is 367 g/mol. The highest BCUT2D eigenvalue weighted by atomic mass is 19.1. The lowest BCUT2D eigenvalue weighted by Crippen LogP contribution is -2.37. The summed E-state index contributed by atoms with van der Waals surface area (Å²) in [5.74, 6) is -0.746. The number of aromatic nitrogens is 2. The number of nitrogens with zero attached hydrogens (tertiary/aromatic N) is 2. The van der Waals surface area contributed by atoms with Gasteiger partial charge in [0.2, 0.25) is 5.91 Å². The molecule has 0 fully saturated rings. The SMILES string of the molecule is O=C(Cn1cccnc1=O)N[C@@H](COc1ccccc1F)c1ccccc1. The number of carbonyl (C=O) groups is 1. The van der Waals surface area contributed by atoms with Crippen molar-refractivity contribution in [1.29, 1.82) is 0 Å². The predicted octanol–water partition coefficient (Wildman–Crippen LogP) is 2.32. The predicted molar refractivity (Wildman–Crippen MR) is 97.7 cm³/mol. The number of amides is 1. The topological polar surface area (TPSA) is 73.2 Å². The van der Waals surface area contributed by atoms with E-state index in [2.05, 4.69) is 10.3 Å². The Morgan fingerprint density at radius 1 is 1.11 bits per heavy atom. The first-order valence-electron chi connectivity index (χ1n) is 8.36. The van der Waals surface area contributed by atoms with E-state index in [9.17, 15) is 14.0 Å². The minimum absolute atomic E-state index is 0.0403. The van der Waals surface area contributed by atoms with Gasteiger partial charge in [-0.2, -0.15) is 0 Å². The van der Waals surface area contributed by atoms with Crippen molar-refractivity contribution in [3.8, 4) is 5.75 Å². The Balaban J connectivity index is 1.72. The van der Waals surface area contributed by atoms with E-state index in [0.717, 1.165) is 5.56 Å². The largest absolute Gasteiger partial charge is 0.488 e. The van der Waals surface area contributed by atoms with Gasteiger partial charge in [0.15, 0.2) is 11.6 Å². The molecule has 1 aromatic heterocycles. The molecule has 3 aromatic rings. The van der Waals surface area contributed by atoms with E-state index in [1.54, 1.807) is 18.2 Å². The van der Waals surface area contributed by atoms with Crippen molar-refractivity contribution < 1.29 is 13.9 Å². The van der Waals surface area contributed by atoms with Crippen LogP contribution in [0.25, 0.3) is 0 Å². The summed E-state index contributed by atoms with van der Waals surface area (Å²) in [5, 5.41) is 2.82. The monoisotopic (exact) mass is 367 g/mol. The summed E-state index contributed by atoms with van der Waals surface area (Å²) >= 11 is 0. The average Bonchev–Trinajstić information content (AvgIpc) is 2.69. The molecule has 0 aliphatic rings. The summed E-state index contributed by atoms with van der Waals surface area (Å²) < 4.78 is 20.5. The quantitative estimate of drug-likeness (QED) is 0.696. The Bertz CT molecular complexity index is 960. The van der Waals surface area contributed by atoms with Gasteiger partial charge in [0.1, 0.15) is 13.2 Å². The van der Waals surface area contributed by atoms with Gasteiger partial charge in [0.25, 0.3) is 0 Å². The second kappa shape index (κ2) is 8.75. The molecule has 0 aliphatic carbocycles. The maximum atomic E-state index is 13.8. The van der Waals surface area contributed by atoms with Crippen molar-refractivity contribution in [1.82, 2.24) is 14.9 Å². The summed E-state index contributed by atoms with van der Waals surface area (Å²) in [6.07, 6.45) is 2.86. The second-order valence-corrected chi connectivity index (χ2v) is 5.80. The zero-order valence-corrected chi connectivity index (χ0v) is 14.4. The maximum Gasteiger partial charge on any atom is 0.347 e. The number of ether oxygens (including phenoxy) is 1. The number of nitrogens with one attached hydrogen (secondary N) is 1. The third-order valence-corrected chi connectivity index (χ3v) is 3.88. The third-order valence-electron chi connectivity index (χ3n) is 3.88. The lowest BCUT2D eigenvalue weighted by Gasteiger charge is -2.20. The van der Waals surface area contributed by atoms with Crippen LogP contribution in [-0.2, 0) is 11.3 Å².